The number of benzene rings is 3. The van der Waals surface area contributed by atoms with Crippen molar-refractivity contribution in [3.05, 3.63) is 82.0 Å². The summed E-state index contributed by atoms with van der Waals surface area (Å²) < 4.78 is 33.1. The van der Waals surface area contributed by atoms with Gasteiger partial charge >= 0.3 is 5.97 Å². The number of fused-ring (bicyclic) bond motifs is 2. The highest BCUT2D eigenvalue weighted by molar-refractivity contribution is 6.35. The van der Waals surface area contributed by atoms with Gasteiger partial charge in [0.25, 0.3) is 0 Å². The third-order valence-electron chi connectivity index (χ3n) is 9.80. The van der Waals surface area contributed by atoms with Crippen molar-refractivity contribution in [1.82, 2.24) is 20.1 Å². The highest BCUT2D eigenvalue weighted by atomic mass is 35.5. The summed E-state index contributed by atoms with van der Waals surface area (Å²) in [5.41, 5.74) is 5.98. The second-order valence-corrected chi connectivity index (χ2v) is 13.2. The second-order valence-electron chi connectivity index (χ2n) is 12.8. The zero-order chi connectivity index (χ0) is 34.5. The molecule has 3 heterocycles. The zero-order valence-electron chi connectivity index (χ0n) is 28.8. The predicted octanol–water partition coefficient (Wildman–Crippen LogP) is 8.73. The number of ether oxygens (including phenoxy) is 3. The number of esters is 1. The van der Waals surface area contributed by atoms with Crippen LogP contribution < -0.4 is 10.1 Å². The van der Waals surface area contributed by atoms with Gasteiger partial charge in [-0.1, -0.05) is 36.7 Å². The van der Waals surface area contributed by atoms with E-state index in [1.807, 2.05) is 49.1 Å². The van der Waals surface area contributed by atoms with Crippen LogP contribution in [0.15, 0.2) is 48.5 Å². The number of aromatic amines is 1. The number of hydrogen-bond acceptors (Lipinski definition) is 6. The first kappa shape index (κ1) is 34.9. The number of halogens is 2. The quantitative estimate of drug-likeness (QED) is 0.0896. The maximum Gasteiger partial charge on any atom is 0.355 e. The molecule has 1 unspecified atom stereocenters. The Balaban J connectivity index is 1.35. The minimum absolute atomic E-state index is 0.0253. The number of aromatic nitrogens is 3. The lowest BCUT2D eigenvalue weighted by atomic mass is 9.89. The Bertz CT molecular complexity index is 1930. The summed E-state index contributed by atoms with van der Waals surface area (Å²) in [6.45, 7) is 6.27. The monoisotopic (exact) mass is 688 g/mol. The molecule has 0 saturated carbocycles. The van der Waals surface area contributed by atoms with E-state index in [-0.39, 0.29) is 18.5 Å². The fourth-order valence-corrected chi connectivity index (χ4v) is 7.57. The topological polar surface area (TPSA) is 90.4 Å². The highest BCUT2D eigenvalue weighted by Crippen LogP contribution is 2.43. The highest BCUT2D eigenvalue weighted by Gasteiger charge is 2.29. The maximum atomic E-state index is 13.8. The van der Waals surface area contributed by atoms with Gasteiger partial charge in [0.1, 0.15) is 17.3 Å². The van der Waals surface area contributed by atoms with Crippen molar-refractivity contribution in [2.75, 3.05) is 33.5 Å². The van der Waals surface area contributed by atoms with E-state index in [1.165, 1.54) is 12.1 Å². The van der Waals surface area contributed by atoms with Crippen LogP contribution in [0.2, 0.25) is 5.02 Å². The molecule has 3 aromatic carbocycles. The summed E-state index contributed by atoms with van der Waals surface area (Å²) >= 11 is 7.10. The summed E-state index contributed by atoms with van der Waals surface area (Å²) in [5, 5.41) is 11.8. The van der Waals surface area contributed by atoms with Gasteiger partial charge in [0.05, 0.1) is 35.5 Å². The molecule has 5 aromatic rings. The summed E-state index contributed by atoms with van der Waals surface area (Å²) in [6, 6.07) is 14.2. The fourth-order valence-electron chi connectivity index (χ4n) is 7.32. The Morgan fingerprint density at radius 1 is 1.14 bits per heavy atom. The number of carbonyl (C=O) groups is 1. The molecule has 0 amide bonds. The zero-order valence-corrected chi connectivity index (χ0v) is 29.6. The largest absolute Gasteiger partial charge is 0.493 e. The lowest BCUT2D eigenvalue weighted by Crippen LogP contribution is -2.21. The van der Waals surface area contributed by atoms with Crippen LogP contribution in [0.25, 0.3) is 32.8 Å². The average molecular weight is 689 g/mol. The van der Waals surface area contributed by atoms with Crippen molar-refractivity contribution in [2.24, 2.45) is 13.0 Å². The average Bonchev–Trinajstić information content (AvgIpc) is 3.64. The van der Waals surface area contributed by atoms with Gasteiger partial charge in [0.15, 0.2) is 0 Å². The molecule has 260 valence electrons. The molecule has 1 aliphatic heterocycles. The minimum atomic E-state index is -0.403. The lowest BCUT2D eigenvalue weighted by Gasteiger charge is -2.24. The van der Waals surface area contributed by atoms with Crippen molar-refractivity contribution >= 4 is 39.2 Å². The second kappa shape index (κ2) is 15.7. The molecule has 2 aromatic heterocycles. The minimum Gasteiger partial charge on any atom is -0.493 e. The number of hydrogen-bond donors (Lipinski definition) is 2. The molecule has 1 aliphatic rings. The molecule has 0 radical (unpaired) electrons. The Labute approximate surface area is 292 Å². The van der Waals surface area contributed by atoms with Crippen LogP contribution in [0.4, 0.5) is 4.39 Å². The molecule has 6 rings (SSSR count). The van der Waals surface area contributed by atoms with Crippen LogP contribution in [-0.2, 0) is 29.4 Å². The Kier molecular flexibility index (Phi) is 11.2. The maximum absolute atomic E-state index is 13.8. The number of aryl methyl sites for hydroxylation is 2. The molecule has 1 fully saturated rings. The number of nitrogens with zero attached hydrogens (tertiary/aromatic N) is 2. The first-order valence-electron chi connectivity index (χ1n) is 17.5. The van der Waals surface area contributed by atoms with Crippen molar-refractivity contribution < 1.29 is 23.4 Å². The number of rotatable bonds is 14. The molecule has 8 nitrogen and oxygen atoms in total. The third-order valence-corrected chi connectivity index (χ3v) is 10.1. The van der Waals surface area contributed by atoms with Gasteiger partial charge in [-0.25, -0.2) is 9.18 Å². The molecule has 0 spiro atoms. The van der Waals surface area contributed by atoms with Crippen LogP contribution in [-0.4, -0.2) is 54.2 Å². The number of H-pyrrole nitrogens is 1. The smallest absolute Gasteiger partial charge is 0.355 e. The molecule has 10 heteroatoms. The van der Waals surface area contributed by atoms with Crippen molar-refractivity contribution in [2.45, 2.75) is 64.8 Å². The molecular formula is C39H46ClFN4O4. The van der Waals surface area contributed by atoms with Crippen LogP contribution in [0.1, 0.15) is 79.4 Å². The van der Waals surface area contributed by atoms with E-state index in [4.69, 9.17) is 30.9 Å². The van der Waals surface area contributed by atoms with Gasteiger partial charge in [0.2, 0.25) is 0 Å². The molecule has 1 saturated heterocycles. The summed E-state index contributed by atoms with van der Waals surface area (Å²) in [7, 11) is 3.98. The van der Waals surface area contributed by atoms with Gasteiger partial charge < -0.3 is 24.5 Å². The summed E-state index contributed by atoms with van der Waals surface area (Å²) in [5.74, 6) is 0.652. The van der Waals surface area contributed by atoms with E-state index < -0.39 is 5.97 Å². The normalized spacial score (nSPS) is 14.5. The van der Waals surface area contributed by atoms with Crippen LogP contribution >= 0.6 is 11.6 Å². The van der Waals surface area contributed by atoms with Crippen LogP contribution in [0.5, 0.6) is 5.75 Å². The summed E-state index contributed by atoms with van der Waals surface area (Å²) in [4.78, 5) is 16.9. The first-order valence-corrected chi connectivity index (χ1v) is 17.8. The van der Waals surface area contributed by atoms with E-state index >= 15 is 0 Å². The number of nitrogens with one attached hydrogen (secondary N) is 2. The fraction of sp³-hybridized carbons (Fsp3) is 0.436. The Hall–Kier alpha value is -3.92. The van der Waals surface area contributed by atoms with Gasteiger partial charge in [-0.3, -0.25) is 4.68 Å². The van der Waals surface area contributed by atoms with Crippen molar-refractivity contribution in [3.8, 4) is 16.9 Å². The van der Waals surface area contributed by atoms with Crippen LogP contribution in [0.3, 0.4) is 0 Å². The Morgan fingerprint density at radius 2 is 1.94 bits per heavy atom. The first-order chi connectivity index (χ1) is 23.8. The van der Waals surface area contributed by atoms with E-state index in [0.717, 1.165) is 95.1 Å². The third kappa shape index (κ3) is 7.35. The van der Waals surface area contributed by atoms with Crippen molar-refractivity contribution in [3.63, 3.8) is 0 Å². The molecule has 1 atom stereocenters. The van der Waals surface area contributed by atoms with E-state index in [1.54, 1.807) is 13.0 Å². The molecular weight excluding hydrogens is 643 g/mol. The number of carbonyl (C=O) groups excluding carboxylic acids is 1. The van der Waals surface area contributed by atoms with Gasteiger partial charge in [-0.05, 0) is 106 Å². The van der Waals surface area contributed by atoms with Gasteiger partial charge in [0, 0.05) is 47.9 Å². The van der Waals surface area contributed by atoms with E-state index in [2.05, 4.69) is 17.2 Å². The lowest BCUT2D eigenvalue weighted by molar-refractivity contribution is 0.0519. The Morgan fingerprint density at radius 3 is 2.69 bits per heavy atom. The van der Waals surface area contributed by atoms with Crippen LogP contribution in [0, 0.1) is 11.7 Å². The van der Waals surface area contributed by atoms with Gasteiger partial charge in [-0.15, -0.1) is 0 Å². The summed E-state index contributed by atoms with van der Waals surface area (Å²) in [6.07, 6.45) is 6.18. The SMILES string of the molecule is CCOC(=O)c1[nH]c2c(-c3c(C(CCC4CCOCC4)NC)nn(C)c3CC)c(Cl)ccc2c1CCCOc1cccc2cc(F)ccc12. The van der Waals surface area contributed by atoms with E-state index in [0.29, 0.717) is 41.8 Å². The predicted molar refractivity (Wildman–Crippen MR) is 193 cm³/mol. The molecule has 2 N–H and O–H groups in total. The van der Waals surface area contributed by atoms with Gasteiger partial charge in [-0.2, -0.15) is 5.10 Å². The van der Waals surface area contributed by atoms with E-state index in [9.17, 15) is 9.18 Å². The molecule has 0 aliphatic carbocycles. The standard InChI is InChI=1S/C39H46ClFN4O4/c1-5-32-35(38(44-45(32)4)31(42-3)17-12-24-18-21-47-22-19-24)34-30(40)16-15-29-28(37(43-36(29)34)39(46)48-6-2)10-8-20-49-33-11-7-9-25-23-26(41)13-14-27(25)33/h7,9,11,13-16,23-24,31,42-43H,5-6,8,10,12,17-22H2,1-4H3. The van der Waals surface area contributed by atoms with Crippen molar-refractivity contribution in [1.29, 1.82) is 0 Å². The molecule has 0 bridgehead atoms. The molecule has 49 heavy (non-hydrogen) atoms.